The molecule has 118 valence electrons. The highest BCUT2D eigenvalue weighted by atomic mass is 16.3. The van der Waals surface area contributed by atoms with Crippen molar-refractivity contribution in [3.8, 4) is 0 Å². The maximum atomic E-state index is 9.15. The molecule has 0 radical (unpaired) electrons. The molecule has 0 aromatic carbocycles. The SMILES string of the molecule is CN1CCN(c2cc(NCCO)nc(N)n2)C[C@@H]1CCO. The number of rotatable bonds is 6. The second kappa shape index (κ2) is 7.39. The van der Waals surface area contributed by atoms with Crippen molar-refractivity contribution < 1.29 is 10.2 Å². The number of piperazine rings is 1. The summed E-state index contributed by atoms with van der Waals surface area (Å²) in [5, 5.41) is 21.0. The summed E-state index contributed by atoms with van der Waals surface area (Å²) in [5.74, 6) is 1.61. The van der Waals surface area contributed by atoms with Crippen molar-refractivity contribution in [2.24, 2.45) is 0 Å². The number of aliphatic hydroxyl groups excluding tert-OH is 2. The third kappa shape index (κ3) is 4.16. The molecular formula is C13H24N6O2. The number of nitrogen functional groups attached to an aromatic ring is 1. The lowest BCUT2D eigenvalue weighted by Gasteiger charge is -2.40. The zero-order chi connectivity index (χ0) is 15.2. The third-order valence-corrected chi connectivity index (χ3v) is 3.71. The average molecular weight is 296 g/mol. The van der Waals surface area contributed by atoms with Crippen LogP contribution in [0.3, 0.4) is 0 Å². The first-order valence-corrected chi connectivity index (χ1v) is 7.19. The van der Waals surface area contributed by atoms with Crippen molar-refractivity contribution in [3.63, 3.8) is 0 Å². The Morgan fingerprint density at radius 2 is 2.14 bits per heavy atom. The zero-order valence-electron chi connectivity index (χ0n) is 12.4. The maximum Gasteiger partial charge on any atom is 0.223 e. The lowest BCUT2D eigenvalue weighted by atomic mass is 10.1. The molecule has 0 amide bonds. The minimum absolute atomic E-state index is 0.0341. The van der Waals surface area contributed by atoms with E-state index in [1.165, 1.54) is 0 Å². The standard InChI is InChI=1S/C13H24N6O2/c1-18-4-5-19(9-10(18)2-6-20)12-8-11(15-3-7-21)16-13(14)17-12/h8,10,20-21H,2-7,9H2,1H3,(H3,14,15,16,17)/t10-/m0/s1. The minimum atomic E-state index is 0.0341. The lowest BCUT2D eigenvalue weighted by molar-refractivity contribution is 0.170. The highest BCUT2D eigenvalue weighted by Gasteiger charge is 2.25. The first kappa shape index (κ1) is 15.7. The first-order chi connectivity index (χ1) is 10.1. The van der Waals surface area contributed by atoms with E-state index in [2.05, 4.69) is 32.1 Å². The summed E-state index contributed by atoms with van der Waals surface area (Å²) in [4.78, 5) is 12.8. The predicted octanol–water partition coefficient (Wildman–Crippen LogP) is -1.03. The van der Waals surface area contributed by atoms with Crippen LogP contribution in [-0.2, 0) is 0 Å². The molecule has 8 heteroatoms. The van der Waals surface area contributed by atoms with Gasteiger partial charge in [0.25, 0.3) is 0 Å². The molecule has 0 spiro atoms. The molecule has 2 heterocycles. The maximum absolute atomic E-state index is 9.15. The van der Waals surface area contributed by atoms with Gasteiger partial charge in [0.1, 0.15) is 11.6 Å². The minimum Gasteiger partial charge on any atom is -0.396 e. The summed E-state index contributed by atoms with van der Waals surface area (Å²) in [7, 11) is 2.07. The van der Waals surface area contributed by atoms with Gasteiger partial charge < -0.3 is 26.2 Å². The number of aromatic nitrogens is 2. The number of hydrogen-bond acceptors (Lipinski definition) is 8. The van der Waals surface area contributed by atoms with Crippen molar-refractivity contribution in [1.29, 1.82) is 0 Å². The number of nitrogens with one attached hydrogen (secondary N) is 1. The van der Waals surface area contributed by atoms with Crippen LogP contribution >= 0.6 is 0 Å². The molecule has 1 aliphatic rings. The van der Waals surface area contributed by atoms with E-state index in [0.717, 1.165) is 31.9 Å². The van der Waals surface area contributed by atoms with E-state index in [1.54, 1.807) is 0 Å². The van der Waals surface area contributed by atoms with Gasteiger partial charge in [0.2, 0.25) is 5.95 Å². The first-order valence-electron chi connectivity index (χ1n) is 7.19. The van der Waals surface area contributed by atoms with Crippen LogP contribution in [0, 0.1) is 0 Å². The highest BCUT2D eigenvalue weighted by Crippen LogP contribution is 2.21. The summed E-state index contributed by atoms with van der Waals surface area (Å²) in [5.41, 5.74) is 5.76. The van der Waals surface area contributed by atoms with Crippen LogP contribution in [0.2, 0.25) is 0 Å². The number of anilines is 3. The zero-order valence-corrected chi connectivity index (χ0v) is 12.4. The second-order valence-electron chi connectivity index (χ2n) is 5.21. The number of likely N-dealkylation sites (N-methyl/N-ethyl adjacent to an activating group) is 1. The summed E-state index contributed by atoms with van der Waals surface area (Å²) in [6.07, 6.45) is 0.739. The lowest BCUT2D eigenvalue weighted by Crippen LogP contribution is -2.52. The van der Waals surface area contributed by atoms with Crippen LogP contribution in [0.1, 0.15) is 6.42 Å². The molecule has 0 saturated carbocycles. The van der Waals surface area contributed by atoms with Gasteiger partial charge in [0.15, 0.2) is 0 Å². The van der Waals surface area contributed by atoms with Crippen LogP contribution in [0.5, 0.6) is 0 Å². The van der Waals surface area contributed by atoms with Crippen molar-refractivity contribution in [3.05, 3.63) is 6.07 Å². The predicted molar refractivity (Wildman–Crippen MR) is 82.4 cm³/mol. The molecule has 1 aromatic rings. The van der Waals surface area contributed by atoms with Crippen molar-refractivity contribution in [1.82, 2.24) is 14.9 Å². The van der Waals surface area contributed by atoms with Gasteiger partial charge in [0, 0.05) is 44.9 Å². The molecule has 1 fully saturated rings. The Morgan fingerprint density at radius 3 is 2.86 bits per heavy atom. The largest absolute Gasteiger partial charge is 0.396 e. The smallest absolute Gasteiger partial charge is 0.223 e. The van der Waals surface area contributed by atoms with Gasteiger partial charge in [-0.1, -0.05) is 0 Å². The van der Waals surface area contributed by atoms with E-state index in [0.29, 0.717) is 18.4 Å². The van der Waals surface area contributed by atoms with Gasteiger partial charge in [-0.3, -0.25) is 4.90 Å². The number of aliphatic hydroxyl groups is 2. The van der Waals surface area contributed by atoms with Gasteiger partial charge in [-0.15, -0.1) is 0 Å². The van der Waals surface area contributed by atoms with Gasteiger partial charge >= 0.3 is 0 Å². The van der Waals surface area contributed by atoms with Crippen LogP contribution in [0.15, 0.2) is 6.07 Å². The summed E-state index contributed by atoms with van der Waals surface area (Å²) >= 11 is 0. The van der Waals surface area contributed by atoms with E-state index >= 15 is 0 Å². The molecule has 1 aromatic heterocycles. The summed E-state index contributed by atoms with van der Waals surface area (Å²) in [6, 6.07) is 2.14. The summed E-state index contributed by atoms with van der Waals surface area (Å²) < 4.78 is 0. The highest BCUT2D eigenvalue weighted by molar-refractivity contribution is 5.53. The van der Waals surface area contributed by atoms with Gasteiger partial charge in [0.05, 0.1) is 6.61 Å². The molecule has 21 heavy (non-hydrogen) atoms. The Morgan fingerprint density at radius 1 is 1.33 bits per heavy atom. The Kier molecular flexibility index (Phi) is 5.54. The van der Waals surface area contributed by atoms with E-state index in [9.17, 15) is 0 Å². The molecule has 1 saturated heterocycles. The molecule has 0 aliphatic carbocycles. The van der Waals surface area contributed by atoms with E-state index in [1.807, 2.05) is 6.07 Å². The molecule has 1 aliphatic heterocycles. The molecule has 0 unspecified atom stereocenters. The van der Waals surface area contributed by atoms with Crippen LogP contribution in [-0.4, -0.2) is 77.6 Å². The fourth-order valence-corrected chi connectivity index (χ4v) is 2.50. The fraction of sp³-hybridized carbons (Fsp3) is 0.692. The monoisotopic (exact) mass is 296 g/mol. The Bertz CT molecular complexity index is 458. The number of nitrogens with zero attached hydrogens (tertiary/aromatic N) is 4. The second-order valence-corrected chi connectivity index (χ2v) is 5.21. The quantitative estimate of drug-likeness (QED) is 0.527. The number of hydrogen-bond donors (Lipinski definition) is 4. The Hall–Kier alpha value is -1.64. The fourth-order valence-electron chi connectivity index (χ4n) is 2.50. The van der Waals surface area contributed by atoms with E-state index < -0.39 is 0 Å². The van der Waals surface area contributed by atoms with Crippen molar-refractivity contribution in [2.75, 3.05) is 62.4 Å². The Labute approximate surface area is 124 Å². The van der Waals surface area contributed by atoms with Crippen LogP contribution in [0.4, 0.5) is 17.6 Å². The number of nitrogens with two attached hydrogens (primary N) is 1. The van der Waals surface area contributed by atoms with Crippen molar-refractivity contribution >= 4 is 17.6 Å². The van der Waals surface area contributed by atoms with Crippen molar-refractivity contribution in [2.45, 2.75) is 12.5 Å². The van der Waals surface area contributed by atoms with Gasteiger partial charge in [-0.25, -0.2) is 0 Å². The molecule has 1 atom stereocenters. The topological polar surface area (TPSA) is 111 Å². The van der Waals surface area contributed by atoms with Crippen LogP contribution in [0.25, 0.3) is 0 Å². The van der Waals surface area contributed by atoms with E-state index in [4.69, 9.17) is 15.9 Å². The average Bonchev–Trinajstić information content (AvgIpc) is 2.47. The molecular weight excluding hydrogens is 272 g/mol. The molecule has 2 rings (SSSR count). The molecule has 5 N–H and O–H groups in total. The summed E-state index contributed by atoms with van der Waals surface area (Å²) in [6.45, 7) is 3.20. The van der Waals surface area contributed by atoms with Crippen LogP contribution < -0.4 is 16.0 Å². The van der Waals surface area contributed by atoms with Gasteiger partial charge in [-0.2, -0.15) is 9.97 Å². The normalized spacial score (nSPS) is 19.8. The van der Waals surface area contributed by atoms with E-state index in [-0.39, 0.29) is 19.2 Å². The Balaban J connectivity index is 2.11. The van der Waals surface area contributed by atoms with Gasteiger partial charge in [-0.05, 0) is 13.5 Å². The molecule has 0 bridgehead atoms. The molecule has 8 nitrogen and oxygen atoms in total. The third-order valence-electron chi connectivity index (χ3n) is 3.71.